The number of aromatic hydroxyl groups is 1. The Morgan fingerprint density at radius 1 is 1.33 bits per heavy atom. The Labute approximate surface area is 112 Å². The fourth-order valence-corrected chi connectivity index (χ4v) is 2.53. The zero-order valence-corrected chi connectivity index (χ0v) is 11.2. The maximum atomic E-state index is 9.78. The van der Waals surface area contributed by atoms with Gasteiger partial charge in [-0.05, 0) is 30.7 Å². The third kappa shape index (κ3) is 1.76. The predicted octanol–water partition coefficient (Wildman–Crippen LogP) is 3.40. The minimum Gasteiger partial charge on any atom is -0.506 e. The van der Waals surface area contributed by atoms with Crippen LogP contribution in [0, 0.1) is 6.92 Å². The monoisotopic (exact) mass is 303 g/mol. The van der Waals surface area contributed by atoms with Crippen LogP contribution in [0.25, 0.3) is 22.4 Å². The van der Waals surface area contributed by atoms with E-state index in [9.17, 15) is 5.11 Å². The third-order valence-corrected chi connectivity index (χ3v) is 3.25. The quantitative estimate of drug-likeness (QED) is 0.724. The lowest BCUT2D eigenvalue weighted by atomic mass is 10.2. The maximum absolute atomic E-state index is 9.78. The number of imidazole rings is 1. The number of aryl methyl sites for hydroxylation is 1. The highest BCUT2D eigenvalue weighted by molar-refractivity contribution is 9.10. The number of fused-ring (bicyclic) bond motifs is 1. The number of pyridine rings is 1. The standard InChI is InChI=1S/C13H10BrN3O/c1-7-4-8(14)5-10-12(7)17-13(16-10)9-2-3-15-6-11(9)18/h2-6,18H,1H3,(H,16,17). The van der Waals surface area contributed by atoms with Crippen molar-refractivity contribution >= 4 is 27.0 Å². The molecule has 0 spiro atoms. The molecule has 0 bridgehead atoms. The Kier molecular flexibility index (Phi) is 2.56. The third-order valence-electron chi connectivity index (χ3n) is 2.80. The van der Waals surface area contributed by atoms with Crippen molar-refractivity contribution in [2.24, 2.45) is 0 Å². The van der Waals surface area contributed by atoms with Crippen LogP contribution in [0.5, 0.6) is 5.75 Å². The van der Waals surface area contributed by atoms with Gasteiger partial charge in [0, 0.05) is 10.7 Å². The highest BCUT2D eigenvalue weighted by Gasteiger charge is 2.11. The number of aromatic nitrogens is 3. The molecule has 0 saturated carbocycles. The molecule has 0 aliphatic heterocycles. The molecule has 1 aromatic carbocycles. The topological polar surface area (TPSA) is 61.8 Å². The second-order valence-electron chi connectivity index (χ2n) is 4.10. The molecular formula is C13H10BrN3O. The van der Waals surface area contributed by atoms with Gasteiger partial charge >= 0.3 is 0 Å². The van der Waals surface area contributed by atoms with Crippen molar-refractivity contribution in [3.8, 4) is 17.1 Å². The summed E-state index contributed by atoms with van der Waals surface area (Å²) < 4.78 is 1.00. The van der Waals surface area contributed by atoms with Crippen molar-refractivity contribution in [3.63, 3.8) is 0 Å². The van der Waals surface area contributed by atoms with Crippen LogP contribution in [-0.4, -0.2) is 20.1 Å². The van der Waals surface area contributed by atoms with Crippen molar-refractivity contribution < 1.29 is 5.11 Å². The fourth-order valence-electron chi connectivity index (χ4n) is 1.96. The molecule has 0 fully saturated rings. The number of hydrogen-bond acceptors (Lipinski definition) is 3. The first kappa shape index (κ1) is 11.2. The summed E-state index contributed by atoms with van der Waals surface area (Å²) in [7, 11) is 0. The van der Waals surface area contributed by atoms with E-state index in [1.165, 1.54) is 6.20 Å². The molecule has 0 saturated heterocycles. The fraction of sp³-hybridized carbons (Fsp3) is 0.0769. The number of nitrogens with one attached hydrogen (secondary N) is 1. The summed E-state index contributed by atoms with van der Waals surface area (Å²) in [5.74, 6) is 0.763. The minimum atomic E-state index is 0.119. The van der Waals surface area contributed by atoms with E-state index >= 15 is 0 Å². The van der Waals surface area contributed by atoms with Gasteiger partial charge in [0.15, 0.2) is 0 Å². The number of benzene rings is 1. The van der Waals surface area contributed by atoms with Gasteiger partial charge in [-0.2, -0.15) is 0 Å². The van der Waals surface area contributed by atoms with E-state index < -0.39 is 0 Å². The van der Waals surface area contributed by atoms with Crippen LogP contribution in [0.15, 0.2) is 35.1 Å². The van der Waals surface area contributed by atoms with Crippen LogP contribution < -0.4 is 0 Å². The molecule has 3 aromatic rings. The lowest BCUT2D eigenvalue weighted by Gasteiger charge is -1.98. The summed E-state index contributed by atoms with van der Waals surface area (Å²) in [6.07, 6.45) is 3.04. The highest BCUT2D eigenvalue weighted by atomic mass is 79.9. The van der Waals surface area contributed by atoms with E-state index in [0.717, 1.165) is 21.1 Å². The Hall–Kier alpha value is -1.88. The van der Waals surface area contributed by atoms with Gasteiger partial charge in [-0.15, -0.1) is 0 Å². The molecule has 2 N–H and O–H groups in total. The van der Waals surface area contributed by atoms with Crippen LogP contribution in [0.1, 0.15) is 5.56 Å². The Balaban J connectivity index is 2.26. The van der Waals surface area contributed by atoms with Crippen LogP contribution in [0.2, 0.25) is 0 Å². The normalized spacial score (nSPS) is 11.0. The molecule has 0 amide bonds. The SMILES string of the molecule is Cc1cc(Br)cc2[nH]c(-c3ccncc3O)nc12. The number of hydrogen-bond donors (Lipinski definition) is 2. The van der Waals surface area contributed by atoms with Crippen LogP contribution >= 0.6 is 15.9 Å². The lowest BCUT2D eigenvalue weighted by molar-refractivity contribution is 0.474. The number of H-pyrrole nitrogens is 1. The molecule has 90 valence electrons. The van der Waals surface area contributed by atoms with Crippen molar-refractivity contribution in [1.29, 1.82) is 0 Å². The summed E-state index contributed by atoms with van der Waals surface area (Å²) in [5, 5.41) is 9.78. The Bertz CT molecular complexity index is 736. The van der Waals surface area contributed by atoms with E-state index in [1.807, 2.05) is 19.1 Å². The van der Waals surface area contributed by atoms with E-state index in [-0.39, 0.29) is 5.75 Å². The zero-order chi connectivity index (χ0) is 12.7. The van der Waals surface area contributed by atoms with Gasteiger partial charge in [-0.25, -0.2) is 4.98 Å². The van der Waals surface area contributed by atoms with Crippen molar-refractivity contribution in [2.75, 3.05) is 0 Å². The first-order chi connectivity index (χ1) is 8.65. The first-order valence-electron chi connectivity index (χ1n) is 5.44. The molecule has 2 aromatic heterocycles. The van der Waals surface area contributed by atoms with Gasteiger partial charge in [-0.3, -0.25) is 4.98 Å². The molecule has 3 rings (SSSR count). The van der Waals surface area contributed by atoms with Crippen molar-refractivity contribution in [1.82, 2.24) is 15.0 Å². The average molecular weight is 304 g/mol. The van der Waals surface area contributed by atoms with Crippen LogP contribution in [0.4, 0.5) is 0 Å². The van der Waals surface area contributed by atoms with E-state index in [0.29, 0.717) is 11.4 Å². The predicted molar refractivity (Wildman–Crippen MR) is 73.4 cm³/mol. The second kappa shape index (κ2) is 4.10. The van der Waals surface area contributed by atoms with Gasteiger partial charge in [-0.1, -0.05) is 15.9 Å². The van der Waals surface area contributed by atoms with E-state index in [4.69, 9.17) is 0 Å². The Morgan fingerprint density at radius 3 is 2.94 bits per heavy atom. The molecule has 5 heteroatoms. The summed E-state index contributed by atoms with van der Waals surface area (Å²) in [5.41, 5.74) is 3.57. The number of nitrogens with zero attached hydrogens (tertiary/aromatic N) is 2. The molecular weight excluding hydrogens is 294 g/mol. The van der Waals surface area contributed by atoms with Crippen LogP contribution in [-0.2, 0) is 0 Å². The highest BCUT2D eigenvalue weighted by Crippen LogP contribution is 2.29. The first-order valence-corrected chi connectivity index (χ1v) is 6.23. The molecule has 0 aliphatic carbocycles. The van der Waals surface area contributed by atoms with Gasteiger partial charge in [0.05, 0.1) is 22.8 Å². The van der Waals surface area contributed by atoms with Crippen LogP contribution in [0.3, 0.4) is 0 Å². The van der Waals surface area contributed by atoms with Gasteiger partial charge in [0.25, 0.3) is 0 Å². The Morgan fingerprint density at radius 2 is 2.17 bits per heavy atom. The summed E-state index contributed by atoms with van der Waals surface area (Å²) in [4.78, 5) is 11.6. The number of rotatable bonds is 1. The molecule has 0 radical (unpaired) electrons. The maximum Gasteiger partial charge on any atom is 0.144 e. The summed E-state index contributed by atoms with van der Waals surface area (Å²) in [6.45, 7) is 2.00. The van der Waals surface area contributed by atoms with E-state index in [1.54, 1.807) is 12.3 Å². The molecule has 18 heavy (non-hydrogen) atoms. The van der Waals surface area contributed by atoms with Gasteiger partial charge in [0.2, 0.25) is 0 Å². The number of aromatic amines is 1. The van der Waals surface area contributed by atoms with E-state index in [2.05, 4.69) is 30.9 Å². The molecule has 0 unspecified atom stereocenters. The largest absolute Gasteiger partial charge is 0.506 e. The summed E-state index contributed by atoms with van der Waals surface area (Å²) >= 11 is 3.46. The lowest BCUT2D eigenvalue weighted by Crippen LogP contribution is -1.82. The van der Waals surface area contributed by atoms with Gasteiger partial charge in [0.1, 0.15) is 11.6 Å². The molecule has 4 nitrogen and oxygen atoms in total. The summed E-state index contributed by atoms with van der Waals surface area (Å²) in [6, 6.07) is 5.72. The van der Waals surface area contributed by atoms with Crippen molar-refractivity contribution in [2.45, 2.75) is 6.92 Å². The average Bonchev–Trinajstić information content (AvgIpc) is 2.73. The van der Waals surface area contributed by atoms with Crippen molar-refractivity contribution in [3.05, 3.63) is 40.6 Å². The smallest absolute Gasteiger partial charge is 0.144 e. The molecule has 0 aliphatic rings. The zero-order valence-electron chi connectivity index (χ0n) is 9.61. The second-order valence-corrected chi connectivity index (χ2v) is 5.01. The van der Waals surface area contributed by atoms with Gasteiger partial charge < -0.3 is 10.1 Å². The minimum absolute atomic E-state index is 0.119. The molecule has 2 heterocycles. The number of halogens is 1. The molecule has 0 atom stereocenters.